The van der Waals surface area contributed by atoms with Crippen LogP contribution in [0, 0.1) is 6.92 Å². The molecule has 0 unspecified atom stereocenters. The minimum Gasteiger partial charge on any atom is -0.304 e. The molecule has 0 aliphatic heterocycles. The van der Waals surface area contributed by atoms with Crippen LogP contribution in [0.3, 0.4) is 0 Å². The van der Waals surface area contributed by atoms with Crippen LogP contribution in [0.2, 0.25) is 0 Å². The molecule has 2 aromatic carbocycles. The number of sulfonamides is 1. The van der Waals surface area contributed by atoms with E-state index < -0.39 is 17.6 Å². The van der Waals surface area contributed by atoms with Gasteiger partial charge in [-0.2, -0.15) is 12.8 Å². The molecule has 0 heterocycles. The van der Waals surface area contributed by atoms with Crippen LogP contribution in [0.5, 0.6) is 0 Å². The first-order valence-corrected chi connectivity index (χ1v) is 11.2. The van der Waals surface area contributed by atoms with Gasteiger partial charge in [-0.15, -0.1) is 0 Å². The van der Waals surface area contributed by atoms with Crippen LogP contribution < -0.4 is 0 Å². The summed E-state index contributed by atoms with van der Waals surface area (Å²) in [6.45, 7) is 5.35. The van der Waals surface area contributed by atoms with Crippen LogP contribution in [0.1, 0.15) is 25.0 Å². The first kappa shape index (κ1) is 20.5. The number of hydrogen-bond donors (Lipinski definition) is 0. The van der Waals surface area contributed by atoms with Gasteiger partial charge in [0.1, 0.15) is 0 Å². The third kappa shape index (κ3) is 4.89. The third-order valence-corrected chi connectivity index (χ3v) is 6.91. The van der Waals surface area contributed by atoms with Gasteiger partial charge in [-0.1, -0.05) is 48.0 Å². The zero-order valence-electron chi connectivity index (χ0n) is 15.0. The number of hydrogen-bond acceptors (Lipinski definition) is 5. The average Bonchev–Trinajstić information content (AvgIpc) is 2.61. The van der Waals surface area contributed by atoms with Crippen molar-refractivity contribution in [3.63, 3.8) is 0 Å². The second kappa shape index (κ2) is 8.73. The molecule has 0 aromatic heterocycles. The first-order chi connectivity index (χ1) is 12.3. The van der Waals surface area contributed by atoms with Crippen molar-refractivity contribution in [1.29, 1.82) is 0 Å². The lowest BCUT2D eigenvalue weighted by atomic mass is 10.2. The van der Waals surface area contributed by atoms with E-state index in [2.05, 4.69) is 4.40 Å². The van der Waals surface area contributed by atoms with E-state index in [9.17, 15) is 13.0 Å². The normalized spacial score (nSPS) is 13.0. The Kier molecular flexibility index (Phi) is 6.89. The summed E-state index contributed by atoms with van der Waals surface area (Å²) in [5.41, 5.74) is 1.07. The maximum atomic E-state index is 13.2. The monoisotopic (exact) mass is 395 g/mol. The van der Waals surface area contributed by atoms with Crippen LogP contribution in [0.4, 0.5) is 0 Å². The number of nitrogens with zero attached hydrogens (tertiary/aromatic N) is 1. The molecule has 2 rings (SSSR count). The van der Waals surface area contributed by atoms with E-state index in [1.165, 1.54) is 12.1 Å². The Hall–Kier alpha value is -1.79. The highest BCUT2D eigenvalue weighted by atomic mass is 32.2. The summed E-state index contributed by atoms with van der Waals surface area (Å²) in [7, 11) is -8.00. The molecule has 0 radical (unpaired) electrons. The second-order valence-electron chi connectivity index (χ2n) is 5.40. The van der Waals surface area contributed by atoms with Crippen molar-refractivity contribution < 1.29 is 22.0 Å². The van der Waals surface area contributed by atoms with Gasteiger partial charge >= 0.3 is 7.60 Å². The van der Waals surface area contributed by atoms with E-state index in [0.717, 1.165) is 5.56 Å². The Morgan fingerprint density at radius 1 is 0.962 bits per heavy atom. The molecule has 140 valence electrons. The zero-order valence-corrected chi connectivity index (χ0v) is 16.7. The van der Waals surface area contributed by atoms with Gasteiger partial charge in [0.05, 0.1) is 18.1 Å². The van der Waals surface area contributed by atoms with Crippen molar-refractivity contribution >= 4 is 23.1 Å². The largest absolute Gasteiger partial charge is 0.381 e. The summed E-state index contributed by atoms with van der Waals surface area (Å²) in [4.78, 5) is 0.0103. The molecule has 0 fully saturated rings. The topological polar surface area (TPSA) is 82.0 Å². The molecule has 0 atom stereocenters. The number of rotatable bonds is 8. The molecule has 0 bridgehead atoms. The highest BCUT2D eigenvalue weighted by Gasteiger charge is 2.35. The van der Waals surface area contributed by atoms with E-state index in [1.54, 1.807) is 56.3 Å². The lowest BCUT2D eigenvalue weighted by molar-refractivity contribution is 0.232. The molecular weight excluding hydrogens is 373 g/mol. The van der Waals surface area contributed by atoms with Crippen molar-refractivity contribution in [3.05, 3.63) is 65.7 Å². The molecule has 0 saturated carbocycles. The van der Waals surface area contributed by atoms with Crippen molar-refractivity contribution in [3.8, 4) is 0 Å². The van der Waals surface area contributed by atoms with Crippen LogP contribution in [0.25, 0.3) is 0 Å². The first-order valence-electron chi connectivity index (χ1n) is 8.19. The maximum Gasteiger partial charge on any atom is 0.381 e. The summed E-state index contributed by atoms with van der Waals surface area (Å²) >= 11 is 0. The highest BCUT2D eigenvalue weighted by Crippen LogP contribution is 2.52. The fourth-order valence-corrected chi connectivity index (χ4v) is 5.33. The molecule has 2 aromatic rings. The molecule has 0 aliphatic rings. The van der Waals surface area contributed by atoms with E-state index in [4.69, 9.17) is 9.05 Å². The Labute approximate surface area is 154 Å². The number of aryl methyl sites for hydroxylation is 1. The van der Waals surface area contributed by atoms with E-state index in [0.29, 0.717) is 5.56 Å². The summed E-state index contributed by atoms with van der Waals surface area (Å²) in [6, 6.07) is 14.7. The molecule has 0 spiro atoms. The minimum absolute atomic E-state index is 0.0103. The molecular formula is C18H22NO5PS. The molecule has 0 amide bonds. The quantitative estimate of drug-likeness (QED) is 0.489. The van der Waals surface area contributed by atoms with Crippen LogP contribution in [-0.4, -0.2) is 27.1 Å². The highest BCUT2D eigenvalue weighted by molar-refractivity contribution is 7.91. The Balaban J connectivity index is 2.65. The van der Waals surface area contributed by atoms with Gasteiger partial charge in [-0.25, -0.2) is 0 Å². The minimum atomic E-state index is -4.09. The van der Waals surface area contributed by atoms with Gasteiger partial charge in [0.15, 0.2) is 5.45 Å². The van der Waals surface area contributed by atoms with Crippen LogP contribution >= 0.6 is 7.60 Å². The predicted molar refractivity (Wildman–Crippen MR) is 102 cm³/mol. The van der Waals surface area contributed by atoms with Crippen LogP contribution in [0.15, 0.2) is 63.9 Å². The second-order valence-corrected chi connectivity index (χ2v) is 8.94. The van der Waals surface area contributed by atoms with Gasteiger partial charge < -0.3 is 9.05 Å². The summed E-state index contributed by atoms with van der Waals surface area (Å²) < 4.78 is 53.3. The standard InChI is InChI=1S/C18H22NO5PS/c1-4-23-25(20,24-5-2)18(16-9-7-6-8-10-16)19-26(21,22)17-13-11-15(3)12-14-17/h6-14H,4-5H2,1-3H3/b19-18+. The molecule has 6 nitrogen and oxygen atoms in total. The van der Waals surface area contributed by atoms with Gasteiger partial charge in [0.25, 0.3) is 10.0 Å². The molecule has 0 N–H and O–H groups in total. The smallest absolute Gasteiger partial charge is 0.304 e. The predicted octanol–water partition coefficient (Wildman–Crippen LogP) is 4.40. The molecule has 26 heavy (non-hydrogen) atoms. The summed E-state index contributed by atoms with van der Waals surface area (Å²) in [5, 5.41) is 0. The van der Waals surface area contributed by atoms with Gasteiger partial charge in [-0.05, 0) is 32.9 Å². The molecule has 0 aliphatic carbocycles. The average molecular weight is 395 g/mol. The van der Waals surface area contributed by atoms with Gasteiger partial charge in [0, 0.05) is 5.56 Å². The lowest BCUT2D eigenvalue weighted by Gasteiger charge is -2.19. The van der Waals surface area contributed by atoms with Gasteiger partial charge in [0.2, 0.25) is 0 Å². The Bertz CT molecular complexity index is 898. The lowest BCUT2D eigenvalue weighted by Crippen LogP contribution is -2.12. The fourth-order valence-electron chi connectivity index (χ4n) is 2.22. The van der Waals surface area contributed by atoms with Crippen molar-refractivity contribution in [2.24, 2.45) is 4.40 Å². The van der Waals surface area contributed by atoms with Crippen molar-refractivity contribution in [2.75, 3.05) is 13.2 Å². The van der Waals surface area contributed by atoms with Crippen molar-refractivity contribution in [1.82, 2.24) is 0 Å². The molecule has 8 heteroatoms. The zero-order chi connectivity index (χ0) is 19.2. The fraction of sp³-hybridized carbons (Fsp3) is 0.278. The van der Waals surface area contributed by atoms with Crippen LogP contribution in [-0.2, 0) is 23.6 Å². The maximum absolute atomic E-state index is 13.2. The summed E-state index contributed by atoms with van der Waals surface area (Å²) in [5.74, 6) is 0. The van der Waals surface area contributed by atoms with E-state index in [-0.39, 0.29) is 23.6 Å². The van der Waals surface area contributed by atoms with E-state index >= 15 is 0 Å². The summed E-state index contributed by atoms with van der Waals surface area (Å²) in [6.07, 6.45) is 0. The van der Waals surface area contributed by atoms with Crippen molar-refractivity contribution in [2.45, 2.75) is 25.7 Å². The van der Waals surface area contributed by atoms with E-state index in [1.807, 2.05) is 6.92 Å². The SMILES string of the molecule is CCOP(=O)(OCC)/C(=N/S(=O)(=O)c1ccc(C)cc1)c1ccccc1. The number of benzene rings is 2. The third-order valence-electron chi connectivity index (χ3n) is 3.41. The van der Waals surface area contributed by atoms with Gasteiger partial charge in [-0.3, -0.25) is 4.57 Å². The molecule has 0 saturated heterocycles. The Morgan fingerprint density at radius 2 is 1.50 bits per heavy atom. The Morgan fingerprint density at radius 3 is 2.00 bits per heavy atom.